The Morgan fingerprint density at radius 2 is 1.71 bits per heavy atom. The Bertz CT molecular complexity index is 827. The molecule has 0 aliphatic heterocycles. The molecule has 2 nitrogen and oxygen atoms in total. The van der Waals surface area contributed by atoms with Crippen molar-refractivity contribution in [2.45, 2.75) is 0 Å². The fraction of sp³-hybridized carbons (Fsp3) is 0. The lowest BCUT2D eigenvalue weighted by molar-refractivity contribution is 0.487. The summed E-state index contributed by atoms with van der Waals surface area (Å²) in [5.74, 6) is 1.30. The van der Waals surface area contributed by atoms with Gasteiger partial charge in [-0.3, -0.25) is 0 Å². The van der Waals surface area contributed by atoms with Crippen LogP contribution in [0.15, 0.2) is 60.7 Å². The second-order valence-corrected chi connectivity index (χ2v) is 5.46. The van der Waals surface area contributed by atoms with E-state index in [1.54, 1.807) is 18.2 Å². The number of ether oxygens (including phenoxy) is 1. The highest BCUT2D eigenvalue weighted by molar-refractivity contribution is 7.80. The number of thiocarbonyl (C=S) groups is 1. The average Bonchev–Trinajstić information content (AvgIpc) is 2.47. The Labute approximate surface area is 133 Å². The third-order valence-electron chi connectivity index (χ3n) is 3.18. The van der Waals surface area contributed by atoms with Crippen LogP contribution < -0.4 is 10.5 Å². The third-order valence-corrected chi connectivity index (χ3v) is 3.63. The first-order chi connectivity index (χ1) is 10.1. The lowest BCUT2D eigenvalue weighted by atomic mass is 10.1. The molecule has 3 aromatic rings. The van der Waals surface area contributed by atoms with Crippen LogP contribution in [0.5, 0.6) is 11.5 Å². The molecule has 3 aromatic carbocycles. The van der Waals surface area contributed by atoms with Gasteiger partial charge in [-0.2, -0.15) is 0 Å². The maximum atomic E-state index is 6.04. The molecule has 3 rings (SSSR count). The van der Waals surface area contributed by atoms with Crippen LogP contribution in [0, 0.1) is 0 Å². The molecule has 104 valence electrons. The van der Waals surface area contributed by atoms with Crippen LogP contribution in [0.3, 0.4) is 0 Å². The number of nitrogens with two attached hydrogens (primary N) is 1. The minimum Gasteiger partial charge on any atom is -0.456 e. The second-order valence-electron chi connectivity index (χ2n) is 4.58. The van der Waals surface area contributed by atoms with E-state index in [1.807, 2.05) is 42.5 Å². The summed E-state index contributed by atoms with van der Waals surface area (Å²) in [6, 6.07) is 19.1. The van der Waals surface area contributed by atoms with E-state index in [1.165, 1.54) is 0 Å². The molecule has 0 heterocycles. The highest BCUT2D eigenvalue weighted by Gasteiger charge is 2.10. The normalized spacial score (nSPS) is 10.5. The van der Waals surface area contributed by atoms with E-state index in [4.69, 9.17) is 34.3 Å². The number of fused-ring (bicyclic) bond motifs is 1. The monoisotopic (exact) mass is 313 g/mol. The summed E-state index contributed by atoms with van der Waals surface area (Å²) in [7, 11) is 0. The summed E-state index contributed by atoms with van der Waals surface area (Å²) in [6.45, 7) is 0. The topological polar surface area (TPSA) is 35.2 Å². The summed E-state index contributed by atoms with van der Waals surface area (Å²) in [4.78, 5) is 0.280. The molecule has 4 heteroatoms. The van der Waals surface area contributed by atoms with E-state index in [-0.39, 0.29) is 4.99 Å². The molecule has 0 atom stereocenters. The van der Waals surface area contributed by atoms with Gasteiger partial charge in [0.15, 0.2) is 0 Å². The van der Waals surface area contributed by atoms with Crippen molar-refractivity contribution in [3.63, 3.8) is 0 Å². The lowest BCUT2D eigenvalue weighted by Gasteiger charge is -2.12. The quantitative estimate of drug-likeness (QED) is 0.697. The zero-order chi connectivity index (χ0) is 14.8. The highest BCUT2D eigenvalue weighted by atomic mass is 35.5. The lowest BCUT2D eigenvalue weighted by Crippen LogP contribution is -2.10. The number of hydrogen-bond donors (Lipinski definition) is 1. The van der Waals surface area contributed by atoms with Gasteiger partial charge in [0.25, 0.3) is 0 Å². The van der Waals surface area contributed by atoms with Gasteiger partial charge >= 0.3 is 0 Å². The van der Waals surface area contributed by atoms with Crippen molar-refractivity contribution < 1.29 is 4.74 Å². The molecule has 2 N–H and O–H groups in total. The van der Waals surface area contributed by atoms with Crippen LogP contribution in [0.25, 0.3) is 10.8 Å². The van der Waals surface area contributed by atoms with Gasteiger partial charge in [-0.1, -0.05) is 60.2 Å². The minimum atomic E-state index is 0.280. The molecule has 0 unspecified atom stereocenters. The van der Waals surface area contributed by atoms with Crippen LogP contribution >= 0.6 is 23.8 Å². The van der Waals surface area contributed by atoms with Gasteiger partial charge in [0.1, 0.15) is 16.5 Å². The van der Waals surface area contributed by atoms with E-state index in [0.717, 1.165) is 16.5 Å². The van der Waals surface area contributed by atoms with Gasteiger partial charge in [-0.15, -0.1) is 0 Å². The maximum absolute atomic E-state index is 6.04. The van der Waals surface area contributed by atoms with Crippen molar-refractivity contribution in [2.75, 3.05) is 0 Å². The van der Waals surface area contributed by atoms with Crippen molar-refractivity contribution in [1.82, 2.24) is 0 Å². The largest absolute Gasteiger partial charge is 0.456 e. The Hall–Kier alpha value is -2.10. The van der Waals surface area contributed by atoms with Crippen LogP contribution in [0.1, 0.15) is 5.56 Å². The molecule has 0 aliphatic carbocycles. The molecule has 0 aromatic heterocycles. The van der Waals surface area contributed by atoms with Crippen molar-refractivity contribution in [3.05, 3.63) is 71.2 Å². The number of hydrogen-bond acceptors (Lipinski definition) is 2. The predicted molar refractivity (Wildman–Crippen MR) is 91.4 cm³/mol. The molecule has 0 fully saturated rings. The Balaban J connectivity index is 2.11. The Morgan fingerprint density at radius 3 is 2.52 bits per heavy atom. The Kier molecular flexibility index (Phi) is 3.78. The van der Waals surface area contributed by atoms with Crippen molar-refractivity contribution in [3.8, 4) is 11.5 Å². The fourth-order valence-electron chi connectivity index (χ4n) is 2.19. The Morgan fingerprint density at radius 1 is 0.952 bits per heavy atom. The smallest absolute Gasteiger partial charge is 0.139 e. The maximum Gasteiger partial charge on any atom is 0.139 e. The number of rotatable bonds is 3. The fourth-order valence-corrected chi connectivity index (χ4v) is 2.52. The van der Waals surface area contributed by atoms with Crippen molar-refractivity contribution in [2.24, 2.45) is 5.73 Å². The predicted octanol–water partition coefficient (Wildman–Crippen LogP) is 4.92. The number of benzene rings is 3. The standard InChI is InChI=1S/C17H12ClNOS/c18-12-8-9-14(17(19)21)16(10-12)20-15-7-3-5-11-4-1-2-6-13(11)15/h1-10H,(H2,19,21). The zero-order valence-electron chi connectivity index (χ0n) is 11.0. The molecule has 0 amide bonds. The summed E-state index contributed by atoms with van der Waals surface area (Å²) in [6.07, 6.45) is 0. The molecule has 0 saturated carbocycles. The molecule has 0 saturated heterocycles. The third kappa shape index (κ3) is 2.84. The van der Waals surface area contributed by atoms with Gasteiger partial charge in [-0.25, -0.2) is 0 Å². The molecule has 0 aliphatic rings. The molecule has 0 bridgehead atoms. The van der Waals surface area contributed by atoms with Crippen molar-refractivity contribution >= 4 is 39.6 Å². The first kappa shape index (κ1) is 13.9. The van der Waals surface area contributed by atoms with Gasteiger partial charge in [0, 0.05) is 16.5 Å². The minimum absolute atomic E-state index is 0.280. The first-order valence-corrected chi connectivity index (χ1v) is 7.19. The molecular formula is C17H12ClNOS. The van der Waals surface area contributed by atoms with E-state index in [2.05, 4.69) is 0 Å². The zero-order valence-corrected chi connectivity index (χ0v) is 12.6. The van der Waals surface area contributed by atoms with Crippen LogP contribution in [0.4, 0.5) is 0 Å². The van der Waals surface area contributed by atoms with Gasteiger partial charge < -0.3 is 10.5 Å². The van der Waals surface area contributed by atoms with Crippen LogP contribution in [-0.2, 0) is 0 Å². The van der Waals surface area contributed by atoms with Gasteiger partial charge in [-0.05, 0) is 23.6 Å². The average molecular weight is 314 g/mol. The van der Waals surface area contributed by atoms with Crippen molar-refractivity contribution in [1.29, 1.82) is 0 Å². The molecule has 0 radical (unpaired) electrons. The number of halogens is 1. The SMILES string of the molecule is NC(=S)c1ccc(Cl)cc1Oc1cccc2ccccc12. The van der Waals surface area contributed by atoms with Crippen LogP contribution in [0.2, 0.25) is 5.02 Å². The summed E-state index contributed by atoms with van der Waals surface area (Å²) < 4.78 is 6.01. The van der Waals surface area contributed by atoms with E-state index >= 15 is 0 Å². The molecule has 0 spiro atoms. The molecule has 21 heavy (non-hydrogen) atoms. The van der Waals surface area contributed by atoms with Gasteiger partial charge in [0.2, 0.25) is 0 Å². The van der Waals surface area contributed by atoms with E-state index in [0.29, 0.717) is 16.3 Å². The van der Waals surface area contributed by atoms with Crippen LogP contribution in [-0.4, -0.2) is 4.99 Å². The molecular weight excluding hydrogens is 302 g/mol. The summed E-state index contributed by atoms with van der Waals surface area (Å²) >= 11 is 11.1. The van der Waals surface area contributed by atoms with E-state index in [9.17, 15) is 0 Å². The summed E-state index contributed by atoms with van der Waals surface area (Å²) in [5.41, 5.74) is 6.41. The highest BCUT2D eigenvalue weighted by Crippen LogP contribution is 2.33. The second kappa shape index (κ2) is 5.72. The first-order valence-electron chi connectivity index (χ1n) is 6.40. The van der Waals surface area contributed by atoms with Gasteiger partial charge in [0.05, 0.1) is 5.56 Å². The van der Waals surface area contributed by atoms with E-state index < -0.39 is 0 Å². The summed E-state index contributed by atoms with van der Waals surface area (Å²) in [5, 5.41) is 2.70.